The molecule has 20 heavy (non-hydrogen) atoms. The number of nitriles is 1. The topological polar surface area (TPSA) is 62.7 Å². The van der Waals surface area contributed by atoms with Crippen LogP contribution in [-0.2, 0) is 6.42 Å². The fourth-order valence-electron chi connectivity index (χ4n) is 2.21. The van der Waals surface area contributed by atoms with Crippen LogP contribution in [0.3, 0.4) is 0 Å². The van der Waals surface area contributed by atoms with Crippen LogP contribution in [0, 0.1) is 29.9 Å². The number of nitrogens with two attached hydrogens (primary N) is 1. The summed E-state index contributed by atoms with van der Waals surface area (Å²) < 4.78 is 26.5. The summed E-state index contributed by atoms with van der Waals surface area (Å²) in [4.78, 5) is 4.18. The lowest BCUT2D eigenvalue weighted by molar-refractivity contribution is 0.509. The molecule has 2 aromatic rings. The van der Waals surface area contributed by atoms with Gasteiger partial charge in [0.15, 0.2) is 11.6 Å². The van der Waals surface area contributed by atoms with Crippen LogP contribution < -0.4 is 5.73 Å². The molecule has 5 heteroatoms. The molecule has 2 rings (SSSR count). The second-order valence-electron chi connectivity index (χ2n) is 4.41. The third-order valence-corrected chi connectivity index (χ3v) is 3.22. The van der Waals surface area contributed by atoms with Crippen molar-refractivity contribution in [3.63, 3.8) is 0 Å². The van der Waals surface area contributed by atoms with E-state index in [0.29, 0.717) is 17.5 Å². The van der Waals surface area contributed by atoms with E-state index in [1.807, 2.05) is 13.0 Å². The van der Waals surface area contributed by atoms with Gasteiger partial charge in [-0.25, -0.2) is 13.8 Å². The molecule has 0 saturated heterocycles. The molecule has 0 aliphatic rings. The Morgan fingerprint density at radius 1 is 1.30 bits per heavy atom. The Labute approximate surface area is 115 Å². The first-order valence-electron chi connectivity index (χ1n) is 6.14. The minimum Gasteiger partial charge on any atom is -0.383 e. The summed E-state index contributed by atoms with van der Waals surface area (Å²) in [7, 11) is 0. The number of nitrogen functional groups attached to an aromatic ring is 1. The summed E-state index contributed by atoms with van der Waals surface area (Å²) in [5.41, 5.74) is 8.39. The van der Waals surface area contributed by atoms with Crippen LogP contribution in [0.1, 0.15) is 23.7 Å². The van der Waals surface area contributed by atoms with Gasteiger partial charge in [-0.2, -0.15) is 5.26 Å². The molecule has 102 valence electrons. The number of halogens is 2. The van der Waals surface area contributed by atoms with Gasteiger partial charge in [0.1, 0.15) is 17.5 Å². The molecule has 0 amide bonds. The molecule has 2 N–H and O–H groups in total. The monoisotopic (exact) mass is 273 g/mol. The van der Waals surface area contributed by atoms with E-state index in [0.717, 1.165) is 23.4 Å². The third kappa shape index (κ3) is 2.21. The van der Waals surface area contributed by atoms with Gasteiger partial charge >= 0.3 is 0 Å². The van der Waals surface area contributed by atoms with Crippen LogP contribution in [0.4, 0.5) is 14.6 Å². The van der Waals surface area contributed by atoms with Gasteiger partial charge in [-0.1, -0.05) is 13.0 Å². The van der Waals surface area contributed by atoms with E-state index < -0.39 is 11.6 Å². The number of rotatable bonds is 2. The van der Waals surface area contributed by atoms with Crippen LogP contribution in [0.2, 0.25) is 0 Å². The summed E-state index contributed by atoms with van der Waals surface area (Å²) in [5.74, 6) is -1.78. The van der Waals surface area contributed by atoms with E-state index in [-0.39, 0.29) is 11.4 Å². The van der Waals surface area contributed by atoms with Gasteiger partial charge in [0.05, 0.1) is 0 Å². The van der Waals surface area contributed by atoms with Gasteiger partial charge < -0.3 is 5.73 Å². The van der Waals surface area contributed by atoms with Gasteiger partial charge in [-0.3, -0.25) is 0 Å². The van der Waals surface area contributed by atoms with Gasteiger partial charge in [-0.15, -0.1) is 0 Å². The standard InChI is InChI=1S/C15H13F2N3/c1-3-13-8(2)14(10(7-18)15(19)20-13)9-4-5-11(16)12(17)6-9/h4-6H,3H2,1-2H3,(H2,19,20). The molecule has 0 atom stereocenters. The molecular weight excluding hydrogens is 260 g/mol. The van der Waals surface area contributed by atoms with Crippen molar-refractivity contribution >= 4 is 5.82 Å². The first-order valence-corrected chi connectivity index (χ1v) is 6.14. The molecule has 0 aliphatic heterocycles. The molecule has 0 saturated carbocycles. The van der Waals surface area contributed by atoms with Gasteiger partial charge in [0, 0.05) is 11.3 Å². The van der Waals surface area contributed by atoms with Crippen LogP contribution in [0.5, 0.6) is 0 Å². The first-order chi connectivity index (χ1) is 9.49. The highest BCUT2D eigenvalue weighted by molar-refractivity contribution is 5.78. The van der Waals surface area contributed by atoms with Crippen molar-refractivity contribution in [3.8, 4) is 17.2 Å². The van der Waals surface area contributed by atoms with Crippen molar-refractivity contribution < 1.29 is 8.78 Å². The smallest absolute Gasteiger partial charge is 0.159 e. The van der Waals surface area contributed by atoms with E-state index in [9.17, 15) is 14.0 Å². The fourth-order valence-corrected chi connectivity index (χ4v) is 2.21. The van der Waals surface area contributed by atoms with Crippen molar-refractivity contribution in [2.24, 2.45) is 0 Å². The van der Waals surface area contributed by atoms with Gasteiger partial charge in [0.25, 0.3) is 0 Å². The minimum atomic E-state index is -0.959. The number of nitrogens with zero attached hydrogens (tertiary/aromatic N) is 2. The van der Waals surface area contributed by atoms with Gasteiger partial charge in [-0.05, 0) is 36.6 Å². The van der Waals surface area contributed by atoms with E-state index in [2.05, 4.69) is 4.98 Å². The average Bonchev–Trinajstić information content (AvgIpc) is 2.43. The van der Waals surface area contributed by atoms with Crippen LogP contribution in [-0.4, -0.2) is 4.98 Å². The number of hydrogen-bond acceptors (Lipinski definition) is 3. The van der Waals surface area contributed by atoms with Gasteiger partial charge in [0.2, 0.25) is 0 Å². The van der Waals surface area contributed by atoms with Crippen molar-refractivity contribution in [2.75, 3.05) is 5.73 Å². The number of aryl methyl sites for hydroxylation is 1. The highest BCUT2D eigenvalue weighted by Crippen LogP contribution is 2.32. The second-order valence-corrected chi connectivity index (χ2v) is 4.41. The summed E-state index contributed by atoms with van der Waals surface area (Å²) in [6.45, 7) is 3.71. The molecule has 0 unspecified atom stereocenters. The Hall–Kier alpha value is -2.48. The zero-order chi connectivity index (χ0) is 14.9. The Balaban J connectivity index is 2.81. The van der Waals surface area contributed by atoms with Crippen molar-refractivity contribution in [2.45, 2.75) is 20.3 Å². The second kappa shape index (κ2) is 5.25. The summed E-state index contributed by atoms with van der Waals surface area (Å²) in [5, 5.41) is 9.23. The lowest BCUT2D eigenvalue weighted by atomic mass is 9.94. The van der Waals surface area contributed by atoms with E-state index in [4.69, 9.17) is 5.73 Å². The molecule has 0 radical (unpaired) electrons. The molecule has 1 aromatic carbocycles. The maximum atomic E-state index is 13.4. The third-order valence-electron chi connectivity index (χ3n) is 3.22. The number of hydrogen-bond donors (Lipinski definition) is 1. The minimum absolute atomic E-state index is 0.106. The normalized spacial score (nSPS) is 10.3. The first kappa shape index (κ1) is 13.9. The number of benzene rings is 1. The quantitative estimate of drug-likeness (QED) is 0.912. The van der Waals surface area contributed by atoms with E-state index in [1.165, 1.54) is 6.07 Å². The lowest BCUT2D eigenvalue weighted by Gasteiger charge is -2.14. The molecule has 0 bridgehead atoms. The highest BCUT2D eigenvalue weighted by Gasteiger charge is 2.17. The fraction of sp³-hybridized carbons (Fsp3) is 0.200. The zero-order valence-electron chi connectivity index (χ0n) is 11.2. The highest BCUT2D eigenvalue weighted by atomic mass is 19.2. The largest absolute Gasteiger partial charge is 0.383 e. The summed E-state index contributed by atoms with van der Waals surface area (Å²) in [6, 6.07) is 5.52. The molecule has 1 heterocycles. The molecule has 3 nitrogen and oxygen atoms in total. The SMILES string of the molecule is CCc1nc(N)c(C#N)c(-c2ccc(F)c(F)c2)c1C. The van der Waals surface area contributed by atoms with Crippen molar-refractivity contribution in [3.05, 3.63) is 46.7 Å². The molecular formula is C15H13F2N3. The lowest BCUT2D eigenvalue weighted by Crippen LogP contribution is -2.05. The predicted octanol–water partition coefficient (Wildman–Crippen LogP) is 3.35. The summed E-state index contributed by atoms with van der Waals surface area (Å²) in [6.07, 6.45) is 0.637. The van der Waals surface area contributed by atoms with Crippen molar-refractivity contribution in [1.29, 1.82) is 5.26 Å². The van der Waals surface area contributed by atoms with E-state index >= 15 is 0 Å². The zero-order valence-corrected chi connectivity index (χ0v) is 11.2. The Morgan fingerprint density at radius 2 is 2.00 bits per heavy atom. The van der Waals surface area contributed by atoms with Crippen molar-refractivity contribution in [1.82, 2.24) is 4.98 Å². The van der Waals surface area contributed by atoms with Crippen LogP contribution in [0.25, 0.3) is 11.1 Å². The number of pyridine rings is 1. The Bertz CT molecular complexity index is 717. The predicted molar refractivity (Wildman–Crippen MR) is 72.8 cm³/mol. The molecule has 0 spiro atoms. The maximum Gasteiger partial charge on any atom is 0.159 e. The summed E-state index contributed by atoms with van der Waals surface area (Å²) >= 11 is 0. The molecule has 0 fully saturated rings. The number of anilines is 1. The Kier molecular flexibility index (Phi) is 3.66. The van der Waals surface area contributed by atoms with Crippen LogP contribution in [0.15, 0.2) is 18.2 Å². The maximum absolute atomic E-state index is 13.4. The number of aromatic nitrogens is 1. The van der Waals surface area contributed by atoms with E-state index in [1.54, 1.807) is 6.92 Å². The molecule has 0 aliphatic carbocycles. The Morgan fingerprint density at radius 3 is 2.55 bits per heavy atom. The molecule has 1 aromatic heterocycles. The van der Waals surface area contributed by atoms with Crippen LogP contribution >= 0.6 is 0 Å². The average molecular weight is 273 g/mol.